The fourth-order valence-corrected chi connectivity index (χ4v) is 2.22. The molecule has 23 heavy (non-hydrogen) atoms. The molecule has 1 aromatic heterocycles. The van der Waals surface area contributed by atoms with Gasteiger partial charge in [-0.1, -0.05) is 12.1 Å². The predicted octanol–water partition coefficient (Wildman–Crippen LogP) is 2.63. The normalized spacial score (nSPS) is 10.6. The highest BCUT2D eigenvalue weighted by Crippen LogP contribution is 2.20. The van der Waals surface area contributed by atoms with Crippen LogP contribution in [-0.4, -0.2) is 32.1 Å². The summed E-state index contributed by atoms with van der Waals surface area (Å²) in [6.45, 7) is 0. The highest BCUT2D eigenvalue weighted by atomic mass is 16.4. The van der Waals surface area contributed by atoms with Gasteiger partial charge in [0, 0.05) is 5.69 Å². The zero-order valence-electron chi connectivity index (χ0n) is 11.9. The van der Waals surface area contributed by atoms with Crippen LogP contribution in [0, 0.1) is 0 Å². The third-order valence-corrected chi connectivity index (χ3v) is 3.30. The molecule has 0 aliphatic heterocycles. The Bertz CT molecular complexity index is 884. The number of carbonyl (C=O) groups is 2. The molecule has 0 unspecified atom stereocenters. The molecule has 2 aromatic carbocycles. The number of nitrogens with one attached hydrogen (secondary N) is 2. The van der Waals surface area contributed by atoms with Gasteiger partial charge in [0.1, 0.15) is 0 Å². The van der Waals surface area contributed by atoms with E-state index in [1.165, 1.54) is 12.1 Å². The molecule has 0 saturated heterocycles. The molecular weight excluding hydrogens is 298 g/mol. The molecule has 4 N–H and O–H groups in total. The fraction of sp³-hybridized carbons (Fsp3) is 0.0625. The summed E-state index contributed by atoms with van der Waals surface area (Å²) in [5, 5.41) is 20.8. The number of rotatable bonds is 5. The van der Waals surface area contributed by atoms with E-state index >= 15 is 0 Å². The van der Waals surface area contributed by atoms with Crippen molar-refractivity contribution in [3.63, 3.8) is 0 Å². The first kappa shape index (κ1) is 14.6. The molecule has 0 fully saturated rings. The van der Waals surface area contributed by atoms with Crippen LogP contribution in [0.15, 0.2) is 42.5 Å². The quantitative estimate of drug-likeness (QED) is 0.576. The Morgan fingerprint density at radius 3 is 2.48 bits per heavy atom. The lowest BCUT2D eigenvalue weighted by molar-refractivity contribution is -0.136. The number of carboxylic acids is 2. The van der Waals surface area contributed by atoms with Gasteiger partial charge in [-0.25, -0.2) is 9.78 Å². The number of benzene rings is 2. The van der Waals surface area contributed by atoms with Gasteiger partial charge in [0.25, 0.3) is 0 Å². The van der Waals surface area contributed by atoms with Crippen molar-refractivity contribution < 1.29 is 19.8 Å². The maximum Gasteiger partial charge on any atom is 0.335 e. The van der Waals surface area contributed by atoms with Crippen LogP contribution in [0.1, 0.15) is 15.9 Å². The molecule has 0 spiro atoms. The molecule has 0 aliphatic carbocycles. The summed E-state index contributed by atoms with van der Waals surface area (Å²) < 4.78 is 0. The van der Waals surface area contributed by atoms with E-state index in [4.69, 9.17) is 10.2 Å². The minimum Gasteiger partial charge on any atom is -0.481 e. The van der Waals surface area contributed by atoms with Crippen molar-refractivity contribution in [1.82, 2.24) is 9.97 Å². The Kier molecular flexibility index (Phi) is 3.68. The zero-order valence-corrected chi connectivity index (χ0v) is 11.9. The van der Waals surface area contributed by atoms with Crippen molar-refractivity contribution in [2.45, 2.75) is 6.42 Å². The van der Waals surface area contributed by atoms with Crippen LogP contribution < -0.4 is 5.32 Å². The van der Waals surface area contributed by atoms with E-state index in [-0.39, 0.29) is 12.0 Å². The lowest BCUT2D eigenvalue weighted by Crippen LogP contribution is -2.00. The van der Waals surface area contributed by atoms with Crippen LogP contribution >= 0.6 is 0 Å². The monoisotopic (exact) mass is 311 g/mol. The predicted molar refractivity (Wildman–Crippen MR) is 84.1 cm³/mol. The molecule has 7 nitrogen and oxygen atoms in total. The summed E-state index contributed by atoms with van der Waals surface area (Å²) in [7, 11) is 0. The van der Waals surface area contributed by atoms with Gasteiger partial charge in [-0.2, -0.15) is 0 Å². The summed E-state index contributed by atoms with van der Waals surface area (Å²) in [5.74, 6) is -1.39. The van der Waals surface area contributed by atoms with Gasteiger partial charge in [0.15, 0.2) is 0 Å². The van der Waals surface area contributed by atoms with Crippen LogP contribution in [0.4, 0.5) is 11.6 Å². The number of aromatic amines is 1. The smallest absolute Gasteiger partial charge is 0.335 e. The van der Waals surface area contributed by atoms with Crippen LogP contribution in [0.5, 0.6) is 0 Å². The first-order valence-electron chi connectivity index (χ1n) is 6.82. The zero-order chi connectivity index (χ0) is 16.4. The summed E-state index contributed by atoms with van der Waals surface area (Å²) in [4.78, 5) is 28.9. The van der Waals surface area contributed by atoms with Gasteiger partial charge in [-0.15, -0.1) is 0 Å². The Labute approximate surface area is 130 Å². The number of carboxylic acid groups (broad SMARTS) is 2. The van der Waals surface area contributed by atoms with Crippen LogP contribution in [0.25, 0.3) is 11.0 Å². The second kappa shape index (κ2) is 5.80. The van der Waals surface area contributed by atoms with Crippen LogP contribution in [0.3, 0.4) is 0 Å². The molecule has 0 amide bonds. The summed E-state index contributed by atoms with van der Waals surface area (Å²) >= 11 is 0. The largest absolute Gasteiger partial charge is 0.481 e. The van der Waals surface area contributed by atoms with Crippen molar-refractivity contribution in [2.75, 3.05) is 5.32 Å². The number of aromatic carboxylic acids is 1. The SMILES string of the molecule is O=C(O)Cc1ccc(Nc2nc3ccc(C(=O)O)cc3[nH]2)cc1. The minimum absolute atomic E-state index is 0.0249. The number of fused-ring (bicyclic) bond motifs is 1. The van der Waals surface area contributed by atoms with E-state index in [1.54, 1.807) is 30.3 Å². The number of anilines is 2. The number of aliphatic carboxylic acids is 1. The van der Waals surface area contributed by atoms with E-state index < -0.39 is 11.9 Å². The Hall–Kier alpha value is -3.35. The average Bonchev–Trinajstić information content (AvgIpc) is 2.90. The molecule has 116 valence electrons. The van der Waals surface area contributed by atoms with Gasteiger partial charge in [-0.05, 0) is 35.9 Å². The third kappa shape index (κ3) is 3.29. The van der Waals surface area contributed by atoms with E-state index in [0.717, 1.165) is 5.69 Å². The van der Waals surface area contributed by atoms with Crippen molar-refractivity contribution in [2.24, 2.45) is 0 Å². The van der Waals surface area contributed by atoms with E-state index in [9.17, 15) is 9.59 Å². The average molecular weight is 311 g/mol. The minimum atomic E-state index is -0.995. The first-order chi connectivity index (χ1) is 11.0. The molecule has 3 rings (SSSR count). The van der Waals surface area contributed by atoms with Gasteiger partial charge in [-0.3, -0.25) is 4.79 Å². The van der Waals surface area contributed by atoms with Crippen molar-refractivity contribution in [3.8, 4) is 0 Å². The van der Waals surface area contributed by atoms with Crippen molar-refractivity contribution in [3.05, 3.63) is 53.6 Å². The number of imidazole rings is 1. The molecule has 0 radical (unpaired) electrons. The Morgan fingerprint density at radius 1 is 1.09 bits per heavy atom. The molecule has 0 atom stereocenters. The first-order valence-corrected chi connectivity index (χ1v) is 6.82. The summed E-state index contributed by atoms with van der Waals surface area (Å²) in [6, 6.07) is 11.6. The molecule has 1 heterocycles. The van der Waals surface area contributed by atoms with Gasteiger partial charge < -0.3 is 20.5 Å². The number of aromatic nitrogens is 2. The van der Waals surface area contributed by atoms with Crippen molar-refractivity contribution >= 4 is 34.6 Å². The summed E-state index contributed by atoms with van der Waals surface area (Å²) in [6.07, 6.45) is -0.0249. The Balaban J connectivity index is 1.81. The topological polar surface area (TPSA) is 115 Å². The van der Waals surface area contributed by atoms with Gasteiger partial charge in [0.05, 0.1) is 23.0 Å². The van der Waals surface area contributed by atoms with E-state index in [0.29, 0.717) is 22.5 Å². The number of nitrogens with zero attached hydrogens (tertiary/aromatic N) is 1. The van der Waals surface area contributed by atoms with Gasteiger partial charge in [0.2, 0.25) is 5.95 Å². The number of hydrogen-bond donors (Lipinski definition) is 4. The Morgan fingerprint density at radius 2 is 1.83 bits per heavy atom. The second-order valence-electron chi connectivity index (χ2n) is 5.01. The lowest BCUT2D eigenvalue weighted by Gasteiger charge is -2.03. The maximum absolute atomic E-state index is 11.0. The van der Waals surface area contributed by atoms with Crippen molar-refractivity contribution in [1.29, 1.82) is 0 Å². The standard InChI is InChI=1S/C16H13N3O4/c20-14(21)7-9-1-4-11(5-2-9)17-16-18-12-6-3-10(15(22)23)8-13(12)19-16/h1-6,8H,7H2,(H,20,21)(H,22,23)(H2,17,18,19). The molecular formula is C16H13N3O4. The highest BCUT2D eigenvalue weighted by Gasteiger charge is 2.08. The molecule has 3 aromatic rings. The third-order valence-electron chi connectivity index (χ3n) is 3.30. The van der Waals surface area contributed by atoms with E-state index in [1.807, 2.05) is 0 Å². The van der Waals surface area contributed by atoms with E-state index in [2.05, 4.69) is 15.3 Å². The highest BCUT2D eigenvalue weighted by molar-refractivity contribution is 5.92. The van der Waals surface area contributed by atoms with Gasteiger partial charge >= 0.3 is 11.9 Å². The lowest BCUT2D eigenvalue weighted by atomic mass is 10.1. The molecule has 0 bridgehead atoms. The fourth-order valence-electron chi connectivity index (χ4n) is 2.22. The molecule has 0 aliphatic rings. The molecule has 7 heteroatoms. The van der Waals surface area contributed by atoms with Crippen LogP contribution in [0.2, 0.25) is 0 Å². The summed E-state index contributed by atoms with van der Waals surface area (Å²) in [5.41, 5.74) is 2.91. The molecule has 0 saturated carbocycles. The number of H-pyrrole nitrogens is 1. The second-order valence-corrected chi connectivity index (χ2v) is 5.01. The van der Waals surface area contributed by atoms with Crippen LogP contribution in [-0.2, 0) is 11.2 Å². The number of hydrogen-bond acceptors (Lipinski definition) is 4. The maximum atomic E-state index is 11.0.